The first-order chi connectivity index (χ1) is 7.43. The zero-order valence-electron chi connectivity index (χ0n) is 9.58. The van der Waals surface area contributed by atoms with Gasteiger partial charge >= 0.3 is 0 Å². The fraction of sp³-hybridized carbons (Fsp3) is 0.600. The van der Waals surface area contributed by atoms with E-state index in [0.29, 0.717) is 11.0 Å². The van der Waals surface area contributed by atoms with Crippen molar-refractivity contribution in [2.24, 2.45) is 0 Å². The van der Waals surface area contributed by atoms with E-state index >= 15 is 0 Å². The van der Waals surface area contributed by atoms with Gasteiger partial charge < -0.3 is 15.5 Å². The van der Waals surface area contributed by atoms with Crippen LogP contribution in [0.3, 0.4) is 0 Å². The highest BCUT2D eigenvalue weighted by Crippen LogP contribution is 2.22. The number of rotatable bonds is 4. The van der Waals surface area contributed by atoms with Crippen molar-refractivity contribution in [2.75, 3.05) is 18.5 Å². The molecule has 0 aliphatic heterocycles. The van der Waals surface area contributed by atoms with Gasteiger partial charge in [-0.3, -0.25) is 0 Å². The number of anilines is 1. The van der Waals surface area contributed by atoms with Crippen molar-refractivity contribution < 1.29 is 10.2 Å². The molecular formula is C10H16ClN3O2. The number of aliphatic hydroxyl groups is 2. The second kappa shape index (κ2) is 4.95. The first-order valence-corrected chi connectivity index (χ1v) is 5.30. The monoisotopic (exact) mass is 245 g/mol. The molecule has 0 amide bonds. The summed E-state index contributed by atoms with van der Waals surface area (Å²) in [6.07, 6.45) is 0. The largest absolute Gasteiger partial charge is 0.394 e. The molecule has 1 rings (SSSR count). The number of aliphatic hydroxyl groups excluding tert-OH is 2. The van der Waals surface area contributed by atoms with E-state index < -0.39 is 5.54 Å². The Morgan fingerprint density at radius 1 is 1.19 bits per heavy atom. The van der Waals surface area contributed by atoms with E-state index in [1.807, 2.05) is 13.8 Å². The van der Waals surface area contributed by atoms with Crippen molar-refractivity contribution in [3.05, 3.63) is 16.3 Å². The molecule has 6 heteroatoms. The molecule has 0 aliphatic rings. The first-order valence-electron chi connectivity index (χ1n) is 4.93. The summed E-state index contributed by atoms with van der Waals surface area (Å²) in [5, 5.41) is 29.3. The smallest absolute Gasteiger partial charge is 0.155 e. The molecule has 0 saturated carbocycles. The fourth-order valence-corrected chi connectivity index (χ4v) is 1.29. The molecule has 5 nitrogen and oxygen atoms in total. The van der Waals surface area contributed by atoms with Gasteiger partial charge in [-0.1, -0.05) is 11.6 Å². The van der Waals surface area contributed by atoms with Gasteiger partial charge in [0.05, 0.1) is 18.8 Å². The summed E-state index contributed by atoms with van der Waals surface area (Å²) in [5.74, 6) is 0.521. The molecule has 1 heterocycles. The second-order valence-corrected chi connectivity index (χ2v) is 4.45. The quantitative estimate of drug-likeness (QED) is 0.735. The normalized spacial score (nSPS) is 11.6. The lowest BCUT2D eigenvalue weighted by atomic mass is 10.0. The van der Waals surface area contributed by atoms with Crippen LogP contribution in [-0.4, -0.2) is 39.2 Å². The van der Waals surface area contributed by atoms with E-state index in [2.05, 4.69) is 15.5 Å². The van der Waals surface area contributed by atoms with E-state index in [4.69, 9.17) is 21.8 Å². The summed E-state index contributed by atoms with van der Waals surface area (Å²) in [6, 6.07) is 0. The number of nitrogens with zero attached hydrogens (tertiary/aromatic N) is 2. The number of hydrogen-bond acceptors (Lipinski definition) is 5. The third kappa shape index (κ3) is 2.61. The molecule has 1 aromatic rings. The van der Waals surface area contributed by atoms with E-state index in [1.165, 1.54) is 0 Å². The van der Waals surface area contributed by atoms with Crippen molar-refractivity contribution in [2.45, 2.75) is 26.3 Å². The highest BCUT2D eigenvalue weighted by Gasteiger charge is 2.24. The minimum atomic E-state index is -0.820. The Morgan fingerprint density at radius 2 is 1.75 bits per heavy atom. The van der Waals surface area contributed by atoms with E-state index in [9.17, 15) is 0 Å². The van der Waals surface area contributed by atoms with Crippen LogP contribution in [0.1, 0.15) is 18.1 Å². The molecule has 0 unspecified atom stereocenters. The Labute approximate surface area is 99.5 Å². The number of halogens is 1. The summed E-state index contributed by atoms with van der Waals surface area (Å²) >= 11 is 5.82. The van der Waals surface area contributed by atoms with Crippen LogP contribution in [0.4, 0.5) is 5.82 Å². The third-order valence-electron chi connectivity index (χ3n) is 2.58. The summed E-state index contributed by atoms with van der Waals surface area (Å²) in [6.45, 7) is 4.98. The van der Waals surface area contributed by atoms with Crippen molar-refractivity contribution in [3.63, 3.8) is 0 Å². The molecule has 0 saturated heterocycles. The molecule has 0 atom stereocenters. The topological polar surface area (TPSA) is 78.3 Å². The fourth-order valence-electron chi connectivity index (χ4n) is 1.11. The second-order valence-electron chi connectivity index (χ2n) is 4.09. The van der Waals surface area contributed by atoms with Crippen molar-refractivity contribution in [1.82, 2.24) is 10.2 Å². The van der Waals surface area contributed by atoms with Crippen LogP contribution in [-0.2, 0) is 0 Å². The van der Waals surface area contributed by atoms with E-state index in [-0.39, 0.29) is 13.2 Å². The molecular weight excluding hydrogens is 230 g/mol. The third-order valence-corrected chi connectivity index (χ3v) is 2.94. The summed E-state index contributed by atoms with van der Waals surface area (Å²) in [7, 11) is 0. The minimum Gasteiger partial charge on any atom is -0.394 e. The molecule has 16 heavy (non-hydrogen) atoms. The highest BCUT2D eigenvalue weighted by molar-refractivity contribution is 6.30. The van der Waals surface area contributed by atoms with Crippen molar-refractivity contribution in [3.8, 4) is 0 Å². The maximum Gasteiger partial charge on any atom is 0.155 e. The first kappa shape index (κ1) is 13.2. The predicted molar refractivity (Wildman–Crippen MR) is 62.7 cm³/mol. The summed E-state index contributed by atoms with van der Waals surface area (Å²) < 4.78 is 0. The standard InChI is InChI=1S/C10H16ClN3O2/c1-6-7(2)9(14-13-8(6)11)12-10(3,4-15)5-16/h15-16H,4-5H2,1-3H3,(H,12,14). The van der Waals surface area contributed by atoms with Gasteiger partial charge in [0, 0.05) is 0 Å². The van der Waals surface area contributed by atoms with Gasteiger partial charge in [-0.15, -0.1) is 10.2 Å². The average Bonchev–Trinajstić information content (AvgIpc) is 2.30. The lowest BCUT2D eigenvalue weighted by Gasteiger charge is -2.27. The van der Waals surface area contributed by atoms with E-state index in [1.54, 1.807) is 6.92 Å². The maximum atomic E-state index is 9.16. The Morgan fingerprint density at radius 3 is 2.25 bits per heavy atom. The van der Waals surface area contributed by atoms with E-state index in [0.717, 1.165) is 11.1 Å². The molecule has 1 aromatic heterocycles. The van der Waals surface area contributed by atoms with Crippen LogP contribution in [0.5, 0.6) is 0 Å². The molecule has 90 valence electrons. The Kier molecular flexibility index (Phi) is 4.07. The van der Waals surface area contributed by atoms with Crippen LogP contribution in [0, 0.1) is 13.8 Å². The highest BCUT2D eigenvalue weighted by atomic mass is 35.5. The van der Waals surface area contributed by atoms with Gasteiger partial charge in [-0.05, 0) is 31.9 Å². The van der Waals surface area contributed by atoms with Gasteiger partial charge in [-0.25, -0.2) is 0 Å². The average molecular weight is 246 g/mol. The van der Waals surface area contributed by atoms with Gasteiger partial charge in [-0.2, -0.15) is 0 Å². The summed E-state index contributed by atoms with van der Waals surface area (Å²) in [4.78, 5) is 0. The lowest BCUT2D eigenvalue weighted by molar-refractivity contribution is 0.147. The molecule has 0 radical (unpaired) electrons. The molecule has 0 spiro atoms. The number of nitrogens with one attached hydrogen (secondary N) is 1. The zero-order chi connectivity index (χ0) is 12.3. The maximum absolute atomic E-state index is 9.16. The zero-order valence-corrected chi connectivity index (χ0v) is 10.3. The van der Waals surface area contributed by atoms with Gasteiger partial charge in [0.2, 0.25) is 0 Å². The van der Waals surface area contributed by atoms with Crippen LogP contribution >= 0.6 is 11.6 Å². The van der Waals surface area contributed by atoms with Gasteiger partial charge in [0.25, 0.3) is 0 Å². The molecule has 3 N–H and O–H groups in total. The van der Waals surface area contributed by atoms with Crippen LogP contribution in [0.15, 0.2) is 0 Å². The predicted octanol–water partition coefficient (Wildman–Crippen LogP) is 0.902. The Balaban J connectivity index is 3.03. The molecule has 0 aromatic carbocycles. The van der Waals surface area contributed by atoms with Crippen molar-refractivity contribution >= 4 is 17.4 Å². The SMILES string of the molecule is Cc1c(Cl)nnc(NC(C)(CO)CO)c1C. The number of hydrogen-bond donors (Lipinski definition) is 3. The van der Waals surface area contributed by atoms with Crippen LogP contribution in [0.2, 0.25) is 5.15 Å². The summed E-state index contributed by atoms with van der Waals surface area (Å²) in [5.41, 5.74) is 0.866. The van der Waals surface area contributed by atoms with Gasteiger partial charge in [0.1, 0.15) is 0 Å². The van der Waals surface area contributed by atoms with Crippen LogP contribution < -0.4 is 5.32 Å². The Bertz CT molecular complexity index is 381. The Hall–Kier alpha value is -0.910. The van der Waals surface area contributed by atoms with Gasteiger partial charge in [0.15, 0.2) is 11.0 Å². The lowest BCUT2D eigenvalue weighted by Crippen LogP contribution is -2.43. The minimum absolute atomic E-state index is 0.202. The number of aromatic nitrogens is 2. The molecule has 0 aliphatic carbocycles. The van der Waals surface area contributed by atoms with Crippen molar-refractivity contribution in [1.29, 1.82) is 0 Å². The van der Waals surface area contributed by atoms with Crippen LogP contribution in [0.25, 0.3) is 0 Å². The molecule has 0 fully saturated rings. The molecule has 0 bridgehead atoms.